The minimum atomic E-state index is -1.06. The molecule has 0 saturated carbocycles. The van der Waals surface area contributed by atoms with E-state index in [1.165, 1.54) is 6.07 Å². The summed E-state index contributed by atoms with van der Waals surface area (Å²) in [5, 5.41) is 14.9. The first kappa shape index (κ1) is 14.5. The Morgan fingerprint density at radius 2 is 2.20 bits per heavy atom. The van der Waals surface area contributed by atoms with Crippen LogP contribution in [0.3, 0.4) is 0 Å². The molecule has 108 valence electrons. The van der Waals surface area contributed by atoms with Crippen LogP contribution in [0.1, 0.15) is 22.3 Å². The zero-order valence-corrected chi connectivity index (χ0v) is 11.5. The lowest BCUT2D eigenvalue weighted by Crippen LogP contribution is -2.35. The molecule has 3 N–H and O–H groups in total. The number of aryl methyl sites for hydroxylation is 1. The molecule has 1 aromatic carbocycles. The van der Waals surface area contributed by atoms with E-state index in [2.05, 4.69) is 10.6 Å². The van der Waals surface area contributed by atoms with Crippen molar-refractivity contribution in [3.8, 4) is 0 Å². The van der Waals surface area contributed by atoms with Crippen molar-refractivity contribution in [3.05, 3.63) is 29.3 Å². The second-order valence-corrected chi connectivity index (χ2v) is 4.90. The number of nitrogens with one attached hydrogen (secondary N) is 2. The van der Waals surface area contributed by atoms with E-state index in [0.717, 1.165) is 5.56 Å². The molecule has 2 unspecified atom stereocenters. The molecule has 20 heavy (non-hydrogen) atoms. The molecule has 1 aliphatic heterocycles. The summed E-state index contributed by atoms with van der Waals surface area (Å²) < 4.78 is 5.18. The third-order valence-electron chi connectivity index (χ3n) is 3.40. The van der Waals surface area contributed by atoms with Gasteiger partial charge < -0.3 is 20.5 Å². The number of carboxylic acids is 1. The number of carbonyl (C=O) groups is 2. The van der Waals surface area contributed by atoms with Gasteiger partial charge in [-0.25, -0.2) is 4.79 Å². The highest BCUT2D eigenvalue weighted by Gasteiger charge is 2.29. The molecule has 0 bridgehead atoms. The molecular formula is C14H18N2O4. The Hall–Kier alpha value is -1.92. The summed E-state index contributed by atoms with van der Waals surface area (Å²) in [7, 11) is 1.61. The second kappa shape index (κ2) is 6.02. The number of aromatic carboxylic acids is 1. The molecule has 0 aromatic heterocycles. The van der Waals surface area contributed by atoms with Crippen LogP contribution in [0.5, 0.6) is 0 Å². The predicted octanol–water partition coefficient (Wildman–Crippen LogP) is 1.01. The minimum Gasteiger partial charge on any atom is -0.478 e. The zero-order valence-electron chi connectivity index (χ0n) is 11.5. The first-order valence-corrected chi connectivity index (χ1v) is 6.42. The third-order valence-corrected chi connectivity index (χ3v) is 3.40. The maximum absolute atomic E-state index is 12.1. The van der Waals surface area contributed by atoms with Gasteiger partial charge in [-0.3, -0.25) is 4.79 Å². The van der Waals surface area contributed by atoms with Gasteiger partial charge in [0.15, 0.2) is 0 Å². The van der Waals surface area contributed by atoms with Gasteiger partial charge in [0.05, 0.1) is 23.4 Å². The Balaban J connectivity index is 2.10. The number of methoxy groups -OCH3 is 1. The highest BCUT2D eigenvalue weighted by atomic mass is 16.5. The van der Waals surface area contributed by atoms with Crippen molar-refractivity contribution in [2.75, 3.05) is 19.0 Å². The SMILES string of the molecule is COC1CNC(C(=O)Nc2ccc(C)cc2C(=O)O)C1. The molecule has 6 nitrogen and oxygen atoms in total. The molecule has 1 aromatic rings. The number of carboxylic acid groups (broad SMARTS) is 1. The maximum atomic E-state index is 12.1. The minimum absolute atomic E-state index is 0.0164. The monoisotopic (exact) mass is 278 g/mol. The number of hydrogen-bond acceptors (Lipinski definition) is 4. The van der Waals surface area contributed by atoms with Gasteiger partial charge in [0, 0.05) is 13.7 Å². The van der Waals surface area contributed by atoms with Crippen LogP contribution in [-0.4, -0.2) is 42.8 Å². The second-order valence-electron chi connectivity index (χ2n) is 4.90. The van der Waals surface area contributed by atoms with Crippen LogP contribution in [0.2, 0.25) is 0 Å². The summed E-state index contributed by atoms with van der Waals surface area (Å²) in [5.41, 5.74) is 1.24. The fourth-order valence-electron chi connectivity index (χ4n) is 2.25. The molecule has 2 atom stereocenters. The van der Waals surface area contributed by atoms with Crippen LogP contribution in [0.4, 0.5) is 5.69 Å². The molecule has 2 rings (SSSR count). The maximum Gasteiger partial charge on any atom is 0.337 e. The molecule has 6 heteroatoms. The molecular weight excluding hydrogens is 260 g/mol. The quantitative estimate of drug-likeness (QED) is 0.765. The number of hydrogen-bond donors (Lipinski definition) is 3. The fourth-order valence-corrected chi connectivity index (χ4v) is 2.25. The van der Waals surface area contributed by atoms with E-state index in [-0.39, 0.29) is 23.6 Å². The number of benzene rings is 1. The average Bonchev–Trinajstić information content (AvgIpc) is 2.89. The molecule has 0 spiro atoms. The van der Waals surface area contributed by atoms with Crippen molar-refractivity contribution in [3.63, 3.8) is 0 Å². The number of ether oxygens (including phenoxy) is 1. The fraction of sp³-hybridized carbons (Fsp3) is 0.429. The molecule has 1 saturated heterocycles. The lowest BCUT2D eigenvalue weighted by Gasteiger charge is -2.13. The summed E-state index contributed by atoms with van der Waals surface area (Å²) in [4.78, 5) is 23.3. The summed E-state index contributed by atoms with van der Waals surface area (Å²) >= 11 is 0. The first-order valence-electron chi connectivity index (χ1n) is 6.42. The van der Waals surface area contributed by atoms with Gasteiger partial charge in [-0.05, 0) is 25.5 Å². The zero-order chi connectivity index (χ0) is 14.7. The Kier molecular flexibility index (Phi) is 4.36. The van der Waals surface area contributed by atoms with E-state index < -0.39 is 5.97 Å². The van der Waals surface area contributed by atoms with Crippen LogP contribution in [-0.2, 0) is 9.53 Å². The van der Waals surface area contributed by atoms with E-state index in [1.807, 2.05) is 0 Å². The van der Waals surface area contributed by atoms with Gasteiger partial charge in [-0.1, -0.05) is 11.6 Å². The summed E-state index contributed by atoms with van der Waals surface area (Å²) in [6.45, 7) is 2.42. The van der Waals surface area contributed by atoms with Gasteiger partial charge in [0.2, 0.25) is 5.91 Å². The van der Waals surface area contributed by atoms with Crippen LogP contribution in [0.25, 0.3) is 0 Å². The third kappa shape index (κ3) is 3.15. The van der Waals surface area contributed by atoms with Gasteiger partial charge >= 0.3 is 5.97 Å². The highest BCUT2D eigenvalue weighted by molar-refractivity contribution is 6.02. The van der Waals surface area contributed by atoms with E-state index in [4.69, 9.17) is 9.84 Å². The number of anilines is 1. The van der Waals surface area contributed by atoms with Crippen molar-refractivity contribution in [1.82, 2.24) is 5.32 Å². The topological polar surface area (TPSA) is 87.7 Å². The molecule has 0 radical (unpaired) electrons. The number of rotatable bonds is 4. The van der Waals surface area contributed by atoms with Crippen molar-refractivity contribution < 1.29 is 19.4 Å². The average molecular weight is 278 g/mol. The van der Waals surface area contributed by atoms with Crippen LogP contribution < -0.4 is 10.6 Å². The van der Waals surface area contributed by atoms with E-state index in [1.54, 1.807) is 26.2 Å². The van der Waals surface area contributed by atoms with Gasteiger partial charge in [-0.15, -0.1) is 0 Å². The van der Waals surface area contributed by atoms with Gasteiger partial charge in [0.25, 0.3) is 0 Å². The number of carbonyl (C=O) groups excluding carboxylic acids is 1. The Morgan fingerprint density at radius 1 is 1.45 bits per heavy atom. The standard InChI is InChI=1S/C14H18N2O4/c1-8-3-4-11(10(5-8)14(18)19)16-13(17)12-6-9(20-2)7-15-12/h3-5,9,12,15H,6-7H2,1-2H3,(H,16,17)(H,18,19). The van der Waals surface area contributed by atoms with Crippen molar-refractivity contribution in [1.29, 1.82) is 0 Å². The van der Waals surface area contributed by atoms with Crippen LogP contribution in [0, 0.1) is 6.92 Å². The van der Waals surface area contributed by atoms with E-state index >= 15 is 0 Å². The summed E-state index contributed by atoms with van der Waals surface area (Å²) in [6, 6.07) is 4.56. The van der Waals surface area contributed by atoms with Crippen molar-refractivity contribution in [2.24, 2.45) is 0 Å². The molecule has 1 fully saturated rings. The van der Waals surface area contributed by atoms with E-state index in [9.17, 15) is 9.59 Å². The summed E-state index contributed by atoms with van der Waals surface area (Å²) in [5.74, 6) is -1.30. The smallest absolute Gasteiger partial charge is 0.337 e. The predicted molar refractivity (Wildman–Crippen MR) is 74.0 cm³/mol. The lowest BCUT2D eigenvalue weighted by molar-refractivity contribution is -0.118. The van der Waals surface area contributed by atoms with Crippen LogP contribution >= 0.6 is 0 Å². The Labute approximate surface area is 117 Å². The largest absolute Gasteiger partial charge is 0.478 e. The summed E-state index contributed by atoms with van der Waals surface area (Å²) in [6.07, 6.45) is 0.596. The van der Waals surface area contributed by atoms with Crippen LogP contribution in [0.15, 0.2) is 18.2 Å². The number of amides is 1. The highest BCUT2D eigenvalue weighted by Crippen LogP contribution is 2.19. The van der Waals surface area contributed by atoms with Crippen molar-refractivity contribution in [2.45, 2.75) is 25.5 Å². The normalized spacial score (nSPS) is 21.7. The van der Waals surface area contributed by atoms with Crippen molar-refractivity contribution >= 4 is 17.6 Å². The molecule has 1 aliphatic rings. The van der Waals surface area contributed by atoms with E-state index in [0.29, 0.717) is 18.7 Å². The van der Waals surface area contributed by atoms with Gasteiger partial charge in [0.1, 0.15) is 0 Å². The Bertz CT molecular complexity index is 530. The molecule has 1 amide bonds. The lowest BCUT2D eigenvalue weighted by atomic mass is 10.1. The molecule has 0 aliphatic carbocycles. The first-order chi connectivity index (χ1) is 9.51. The van der Waals surface area contributed by atoms with Gasteiger partial charge in [-0.2, -0.15) is 0 Å². The molecule has 1 heterocycles. The Morgan fingerprint density at radius 3 is 2.80 bits per heavy atom.